The zero-order valence-electron chi connectivity index (χ0n) is 15.3. The number of benzene rings is 2. The fraction of sp³-hybridized carbons (Fsp3) is 0.0952. The molecule has 140 valence electrons. The number of hydrogen-bond donors (Lipinski definition) is 2. The minimum Gasteiger partial charge on any atom is -0.365 e. The van der Waals surface area contributed by atoms with Crippen LogP contribution in [-0.2, 0) is 17.5 Å². The average molecular weight is 389 g/mol. The topological polar surface area (TPSA) is 79.8 Å². The van der Waals surface area contributed by atoms with Gasteiger partial charge in [0.15, 0.2) is 0 Å². The highest BCUT2D eigenvalue weighted by Gasteiger charge is 2.07. The summed E-state index contributed by atoms with van der Waals surface area (Å²) in [5.41, 5.74) is 4.68. The molecule has 0 bridgehead atoms. The molecule has 1 atom stereocenters. The van der Waals surface area contributed by atoms with Crippen molar-refractivity contribution in [1.29, 1.82) is 0 Å². The zero-order chi connectivity index (χ0) is 19.3. The van der Waals surface area contributed by atoms with Crippen molar-refractivity contribution < 1.29 is 4.21 Å². The van der Waals surface area contributed by atoms with E-state index >= 15 is 0 Å². The fourth-order valence-corrected chi connectivity index (χ4v) is 3.42. The highest BCUT2D eigenvalue weighted by Crippen LogP contribution is 2.28. The van der Waals surface area contributed by atoms with Crippen LogP contribution in [0, 0.1) is 0 Å². The largest absolute Gasteiger partial charge is 0.365 e. The van der Waals surface area contributed by atoms with Crippen molar-refractivity contribution in [1.82, 2.24) is 15.0 Å². The summed E-state index contributed by atoms with van der Waals surface area (Å²) in [5.74, 6) is 0.785. The van der Waals surface area contributed by atoms with E-state index in [9.17, 15) is 4.21 Å². The fourth-order valence-electron chi connectivity index (χ4n) is 2.98. The summed E-state index contributed by atoms with van der Waals surface area (Å²) in [5, 5.41) is 4.34. The Morgan fingerprint density at radius 3 is 2.64 bits per heavy atom. The highest BCUT2D eigenvalue weighted by molar-refractivity contribution is 7.85. The molecular weight excluding hydrogens is 370 g/mol. The Balaban J connectivity index is 1.67. The monoisotopic (exact) mass is 389 g/mol. The number of fused-ring (bicyclic) bond motifs is 1. The minimum absolute atomic E-state index is 0.681. The van der Waals surface area contributed by atoms with Gasteiger partial charge in [0, 0.05) is 29.9 Å². The van der Waals surface area contributed by atoms with Crippen molar-refractivity contribution in [2.45, 2.75) is 6.54 Å². The van der Waals surface area contributed by atoms with Crippen molar-refractivity contribution in [2.75, 3.05) is 16.3 Å². The van der Waals surface area contributed by atoms with E-state index in [0.717, 1.165) is 27.8 Å². The normalized spacial score (nSPS) is 11.9. The molecule has 0 aliphatic carbocycles. The maximum absolute atomic E-state index is 11.4. The third-order valence-corrected chi connectivity index (χ3v) is 4.79. The molecule has 2 N–H and O–H groups in total. The molecule has 0 radical (unpaired) electrons. The quantitative estimate of drug-likeness (QED) is 0.521. The van der Waals surface area contributed by atoms with E-state index in [1.165, 1.54) is 5.56 Å². The van der Waals surface area contributed by atoms with Crippen LogP contribution in [0.4, 0.5) is 11.5 Å². The summed E-state index contributed by atoms with van der Waals surface area (Å²) in [6.45, 7) is 0.681. The van der Waals surface area contributed by atoms with Crippen molar-refractivity contribution in [3.8, 4) is 11.1 Å². The van der Waals surface area contributed by atoms with E-state index in [-0.39, 0.29) is 0 Å². The molecule has 2 heterocycles. The van der Waals surface area contributed by atoms with Gasteiger partial charge in [-0.25, -0.2) is 14.2 Å². The van der Waals surface area contributed by atoms with Crippen molar-refractivity contribution in [3.05, 3.63) is 78.9 Å². The van der Waals surface area contributed by atoms with Crippen molar-refractivity contribution in [2.24, 2.45) is 0 Å². The molecular formula is C21H19N5OS. The molecule has 0 aliphatic rings. The van der Waals surface area contributed by atoms with Crippen LogP contribution in [0.1, 0.15) is 5.56 Å². The third-order valence-electron chi connectivity index (χ3n) is 4.27. The molecule has 2 aromatic heterocycles. The SMILES string of the molecule is CS(=O)Nc1cncc(-c2ccc3ncnc(NCc4ccccc4)c3c2)c1. The number of aromatic nitrogens is 3. The van der Waals surface area contributed by atoms with Gasteiger partial charge >= 0.3 is 0 Å². The Bertz CT molecular complexity index is 1130. The van der Waals surface area contributed by atoms with Gasteiger partial charge in [0.05, 0.1) is 17.4 Å². The van der Waals surface area contributed by atoms with E-state index in [1.807, 2.05) is 42.5 Å². The first kappa shape index (κ1) is 18.1. The second-order valence-electron chi connectivity index (χ2n) is 6.31. The first-order valence-electron chi connectivity index (χ1n) is 8.77. The second kappa shape index (κ2) is 8.14. The second-order valence-corrected chi connectivity index (χ2v) is 7.42. The lowest BCUT2D eigenvalue weighted by molar-refractivity contribution is 0.690. The summed E-state index contributed by atoms with van der Waals surface area (Å²) in [6.07, 6.45) is 6.59. The summed E-state index contributed by atoms with van der Waals surface area (Å²) in [7, 11) is -1.15. The molecule has 0 aliphatic heterocycles. The maximum atomic E-state index is 11.4. The van der Waals surface area contributed by atoms with Gasteiger partial charge in [-0.15, -0.1) is 0 Å². The van der Waals surface area contributed by atoms with Gasteiger partial charge in [0.1, 0.15) is 23.1 Å². The first-order valence-corrected chi connectivity index (χ1v) is 10.3. The third kappa shape index (κ3) is 4.15. The van der Waals surface area contributed by atoms with Gasteiger partial charge in [0.25, 0.3) is 0 Å². The number of rotatable bonds is 6. The summed E-state index contributed by atoms with van der Waals surface area (Å²) in [6, 6.07) is 18.1. The molecule has 6 nitrogen and oxygen atoms in total. The van der Waals surface area contributed by atoms with E-state index in [1.54, 1.807) is 25.0 Å². The molecule has 1 unspecified atom stereocenters. The Morgan fingerprint density at radius 2 is 1.82 bits per heavy atom. The van der Waals surface area contributed by atoms with Crippen LogP contribution < -0.4 is 10.0 Å². The Morgan fingerprint density at radius 1 is 0.964 bits per heavy atom. The highest BCUT2D eigenvalue weighted by atomic mass is 32.2. The Kier molecular flexibility index (Phi) is 5.25. The average Bonchev–Trinajstić information content (AvgIpc) is 2.72. The van der Waals surface area contributed by atoms with E-state index in [0.29, 0.717) is 12.2 Å². The van der Waals surface area contributed by atoms with Gasteiger partial charge in [0.2, 0.25) is 0 Å². The van der Waals surface area contributed by atoms with Gasteiger partial charge in [-0.05, 0) is 29.3 Å². The molecule has 7 heteroatoms. The van der Waals surface area contributed by atoms with Crippen LogP contribution in [0.2, 0.25) is 0 Å². The molecule has 2 aromatic carbocycles. The van der Waals surface area contributed by atoms with Gasteiger partial charge in [-0.2, -0.15) is 0 Å². The number of pyridine rings is 1. The standard InChI is InChI=1S/C21H19N5OS/c1-28(27)26-18-9-17(12-22-13-18)16-7-8-20-19(10-16)21(25-14-24-20)23-11-15-5-3-2-4-6-15/h2-10,12-14,26H,11H2,1H3,(H,23,24,25). The van der Waals surface area contributed by atoms with Gasteiger partial charge in [-0.3, -0.25) is 4.98 Å². The van der Waals surface area contributed by atoms with Crippen LogP contribution in [0.5, 0.6) is 0 Å². The van der Waals surface area contributed by atoms with Crippen molar-refractivity contribution >= 4 is 33.4 Å². The Labute approximate surface area is 165 Å². The molecule has 0 saturated heterocycles. The molecule has 0 fully saturated rings. The van der Waals surface area contributed by atoms with E-state index in [4.69, 9.17) is 0 Å². The Hall–Kier alpha value is -3.32. The maximum Gasteiger partial charge on any atom is 0.137 e. The predicted molar refractivity (Wildman–Crippen MR) is 114 cm³/mol. The molecule has 0 saturated carbocycles. The smallest absolute Gasteiger partial charge is 0.137 e. The lowest BCUT2D eigenvalue weighted by Crippen LogP contribution is -2.02. The van der Waals surface area contributed by atoms with Gasteiger partial charge < -0.3 is 10.0 Å². The van der Waals surface area contributed by atoms with Crippen LogP contribution in [0.15, 0.2) is 73.3 Å². The lowest BCUT2D eigenvalue weighted by atomic mass is 10.0. The molecule has 0 amide bonds. The van der Waals surface area contributed by atoms with Crippen LogP contribution >= 0.6 is 0 Å². The number of nitrogens with zero attached hydrogens (tertiary/aromatic N) is 3. The van der Waals surface area contributed by atoms with E-state index < -0.39 is 11.0 Å². The molecule has 0 spiro atoms. The predicted octanol–water partition coefficient (Wildman–Crippen LogP) is 4.01. The summed E-state index contributed by atoms with van der Waals surface area (Å²) >= 11 is 0. The van der Waals surface area contributed by atoms with Crippen LogP contribution in [-0.4, -0.2) is 25.4 Å². The van der Waals surface area contributed by atoms with Crippen LogP contribution in [0.3, 0.4) is 0 Å². The molecule has 4 aromatic rings. The lowest BCUT2D eigenvalue weighted by Gasteiger charge is -2.10. The summed E-state index contributed by atoms with van der Waals surface area (Å²) in [4.78, 5) is 13.0. The number of hydrogen-bond acceptors (Lipinski definition) is 5. The number of anilines is 2. The minimum atomic E-state index is -1.15. The first-order chi connectivity index (χ1) is 13.7. The number of nitrogens with one attached hydrogen (secondary N) is 2. The van der Waals surface area contributed by atoms with Gasteiger partial charge in [-0.1, -0.05) is 36.4 Å². The van der Waals surface area contributed by atoms with E-state index in [2.05, 4.69) is 37.1 Å². The zero-order valence-corrected chi connectivity index (χ0v) is 16.1. The molecule has 28 heavy (non-hydrogen) atoms. The van der Waals surface area contributed by atoms with Crippen molar-refractivity contribution in [3.63, 3.8) is 0 Å². The summed E-state index contributed by atoms with van der Waals surface area (Å²) < 4.78 is 14.3. The molecule has 4 rings (SSSR count). The van der Waals surface area contributed by atoms with Crippen LogP contribution in [0.25, 0.3) is 22.0 Å².